The van der Waals surface area contributed by atoms with Crippen molar-refractivity contribution in [3.05, 3.63) is 23.5 Å². The molecule has 2 heteroatoms. The van der Waals surface area contributed by atoms with Gasteiger partial charge in [0.25, 0.3) is 0 Å². The Bertz CT molecular complexity index is 695. The van der Waals surface area contributed by atoms with Gasteiger partial charge in [0.2, 0.25) is 0 Å². The molecule has 0 aromatic carbocycles. The Hall–Kier alpha value is -1.05. The number of hydrogen-bond acceptors (Lipinski definition) is 2. The molecule has 1 rings (SSSR count). The van der Waals surface area contributed by atoms with Crippen LogP contribution in [0, 0.1) is 0 Å². The van der Waals surface area contributed by atoms with Gasteiger partial charge in [-0.15, -0.1) is 0 Å². The average molecular weight is 643 g/mol. The van der Waals surface area contributed by atoms with Crippen molar-refractivity contribution in [3.8, 4) is 0 Å². The second-order valence-corrected chi connectivity index (χ2v) is 14.8. The van der Waals surface area contributed by atoms with Crippen LogP contribution in [0.4, 0.5) is 0 Å². The fourth-order valence-corrected chi connectivity index (χ4v) is 7.04. The number of carbonyl (C=O) groups excluding carboxylic acids is 1. The van der Waals surface area contributed by atoms with Crippen molar-refractivity contribution in [2.45, 2.75) is 251 Å². The van der Waals surface area contributed by atoms with Gasteiger partial charge in [-0.3, -0.25) is 4.79 Å². The van der Waals surface area contributed by atoms with Gasteiger partial charge in [-0.1, -0.05) is 206 Å². The summed E-state index contributed by atoms with van der Waals surface area (Å²) in [6.07, 6.45) is 55.1. The Morgan fingerprint density at radius 2 is 0.696 bits per heavy atom. The zero-order chi connectivity index (χ0) is 33.0. The summed E-state index contributed by atoms with van der Waals surface area (Å²) in [5.41, 5.74) is 1.46. The van der Waals surface area contributed by atoms with Gasteiger partial charge in [0.15, 0.2) is 0 Å². The number of unbranched alkanes of at least 4 members (excludes halogenated alkanes) is 31. The van der Waals surface area contributed by atoms with Crippen molar-refractivity contribution in [1.29, 1.82) is 0 Å². The second-order valence-electron chi connectivity index (χ2n) is 14.8. The molecule has 0 aromatic heterocycles. The summed E-state index contributed by atoms with van der Waals surface area (Å²) in [6, 6.07) is 0. The minimum absolute atomic E-state index is 0.0305. The van der Waals surface area contributed by atoms with Crippen molar-refractivity contribution in [2.24, 2.45) is 0 Å². The maximum absolute atomic E-state index is 11.4. The van der Waals surface area contributed by atoms with Gasteiger partial charge < -0.3 is 4.74 Å². The molecule has 0 aromatic rings. The molecule has 0 spiro atoms. The van der Waals surface area contributed by atoms with E-state index in [0.717, 1.165) is 18.6 Å². The average Bonchev–Trinajstić information content (AvgIpc) is 3.05. The highest BCUT2D eigenvalue weighted by molar-refractivity contribution is 5.80. The number of carbonyl (C=O) groups is 1. The lowest BCUT2D eigenvalue weighted by molar-refractivity contribution is -0.148. The predicted octanol–water partition coefficient (Wildman–Crippen LogP) is 15.8. The SMILES string of the molecule is CCCCCCCCC=CCCCCCCCCC(CCCCCCCCCCCCCCCCCCCCCC)=C1CC(=O)O1. The summed E-state index contributed by atoms with van der Waals surface area (Å²) in [5.74, 6) is 0.993. The number of hydrogen-bond donors (Lipinski definition) is 0. The van der Waals surface area contributed by atoms with E-state index < -0.39 is 0 Å². The van der Waals surface area contributed by atoms with Crippen LogP contribution in [0.2, 0.25) is 0 Å². The summed E-state index contributed by atoms with van der Waals surface area (Å²) in [6.45, 7) is 4.59. The van der Waals surface area contributed by atoms with Crippen LogP contribution < -0.4 is 0 Å². The number of ether oxygens (including phenoxy) is 1. The van der Waals surface area contributed by atoms with E-state index >= 15 is 0 Å². The largest absolute Gasteiger partial charge is 0.430 e. The first-order valence-electron chi connectivity index (χ1n) is 21.3. The zero-order valence-corrected chi connectivity index (χ0v) is 31.6. The second kappa shape index (κ2) is 35.3. The summed E-state index contributed by atoms with van der Waals surface area (Å²) >= 11 is 0. The van der Waals surface area contributed by atoms with E-state index in [0.29, 0.717) is 6.42 Å². The summed E-state index contributed by atoms with van der Waals surface area (Å²) in [4.78, 5) is 11.4. The Morgan fingerprint density at radius 3 is 0.978 bits per heavy atom. The quantitative estimate of drug-likeness (QED) is 0.0383. The van der Waals surface area contributed by atoms with Gasteiger partial charge >= 0.3 is 5.97 Å². The van der Waals surface area contributed by atoms with Crippen LogP contribution in [0.15, 0.2) is 23.5 Å². The van der Waals surface area contributed by atoms with E-state index in [1.165, 1.54) is 224 Å². The van der Waals surface area contributed by atoms with Crippen LogP contribution in [0.1, 0.15) is 251 Å². The van der Waals surface area contributed by atoms with Crippen molar-refractivity contribution in [2.75, 3.05) is 0 Å². The third kappa shape index (κ3) is 29.1. The first-order chi connectivity index (χ1) is 22.8. The highest BCUT2D eigenvalue weighted by atomic mass is 16.6. The van der Waals surface area contributed by atoms with Crippen molar-refractivity contribution >= 4 is 5.97 Å². The molecule has 0 aliphatic carbocycles. The summed E-state index contributed by atoms with van der Waals surface area (Å²) in [5, 5.41) is 0. The number of cyclic esters (lactones) is 1. The van der Waals surface area contributed by atoms with Crippen LogP contribution in [0.25, 0.3) is 0 Å². The van der Waals surface area contributed by atoms with Gasteiger partial charge in [-0.2, -0.15) is 0 Å². The van der Waals surface area contributed by atoms with Crippen molar-refractivity contribution in [1.82, 2.24) is 0 Å². The molecule has 0 unspecified atom stereocenters. The maximum atomic E-state index is 11.4. The molecule has 0 amide bonds. The van der Waals surface area contributed by atoms with Gasteiger partial charge in [0.05, 0.1) is 0 Å². The normalized spacial score (nSPS) is 14.3. The molecule has 1 heterocycles. The molecule has 1 saturated heterocycles. The maximum Gasteiger partial charge on any atom is 0.318 e. The van der Waals surface area contributed by atoms with E-state index in [9.17, 15) is 4.79 Å². The van der Waals surface area contributed by atoms with Crippen LogP contribution in [0.5, 0.6) is 0 Å². The molecule has 270 valence electrons. The molecule has 0 bridgehead atoms. The minimum atomic E-state index is -0.0305. The van der Waals surface area contributed by atoms with E-state index in [1.54, 1.807) is 0 Å². The van der Waals surface area contributed by atoms with Gasteiger partial charge in [-0.25, -0.2) is 0 Å². The van der Waals surface area contributed by atoms with E-state index in [-0.39, 0.29) is 5.97 Å². The van der Waals surface area contributed by atoms with E-state index in [4.69, 9.17) is 4.74 Å². The van der Waals surface area contributed by atoms with Gasteiger partial charge in [0, 0.05) is 0 Å². The number of esters is 1. The molecule has 0 radical (unpaired) electrons. The molecule has 1 fully saturated rings. The molecular formula is C44H82O2. The molecule has 0 N–H and O–H groups in total. The van der Waals surface area contributed by atoms with E-state index in [2.05, 4.69) is 26.0 Å². The lowest BCUT2D eigenvalue weighted by Gasteiger charge is -2.21. The third-order valence-corrected chi connectivity index (χ3v) is 10.3. The Morgan fingerprint density at radius 1 is 0.435 bits per heavy atom. The van der Waals surface area contributed by atoms with Crippen LogP contribution in [-0.2, 0) is 9.53 Å². The molecule has 0 saturated carbocycles. The fourth-order valence-electron chi connectivity index (χ4n) is 7.04. The zero-order valence-electron chi connectivity index (χ0n) is 31.6. The van der Waals surface area contributed by atoms with E-state index in [1.807, 2.05) is 0 Å². The van der Waals surface area contributed by atoms with Crippen LogP contribution in [-0.4, -0.2) is 5.97 Å². The third-order valence-electron chi connectivity index (χ3n) is 10.3. The topological polar surface area (TPSA) is 26.3 Å². The minimum Gasteiger partial charge on any atom is -0.430 e. The smallest absolute Gasteiger partial charge is 0.318 e. The molecule has 1 aliphatic heterocycles. The fraction of sp³-hybridized carbons (Fsp3) is 0.886. The number of allylic oxidation sites excluding steroid dienone is 3. The highest BCUT2D eigenvalue weighted by Gasteiger charge is 2.25. The molecule has 46 heavy (non-hydrogen) atoms. The predicted molar refractivity (Wildman–Crippen MR) is 204 cm³/mol. The first-order valence-corrected chi connectivity index (χ1v) is 21.3. The monoisotopic (exact) mass is 643 g/mol. The Balaban J connectivity index is 1.89. The standard InChI is InChI=1S/C44H82O2/c1-3-5-7-9-11-13-15-17-19-21-22-23-24-26-28-30-32-34-36-38-40-42(43-41-44(45)46-43)39-37-35-33-31-29-27-25-20-18-16-14-12-10-8-6-4-2/h18,20H,3-17,19,21-41H2,1-2H3. The molecular weight excluding hydrogens is 560 g/mol. The van der Waals surface area contributed by atoms with Crippen molar-refractivity contribution in [3.63, 3.8) is 0 Å². The summed E-state index contributed by atoms with van der Waals surface area (Å²) in [7, 11) is 0. The Kier molecular flexibility index (Phi) is 32.9. The van der Waals surface area contributed by atoms with Gasteiger partial charge in [-0.05, 0) is 56.9 Å². The van der Waals surface area contributed by atoms with Crippen LogP contribution in [0.3, 0.4) is 0 Å². The van der Waals surface area contributed by atoms with Gasteiger partial charge in [0.1, 0.15) is 12.2 Å². The summed E-state index contributed by atoms with van der Waals surface area (Å²) < 4.78 is 5.41. The first kappa shape index (κ1) is 43.0. The van der Waals surface area contributed by atoms with Crippen molar-refractivity contribution < 1.29 is 9.53 Å². The highest BCUT2D eigenvalue weighted by Crippen LogP contribution is 2.29. The molecule has 0 atom stereocenters. The lowest BCUT2D eigenvalue weighted by atomic mass is 9.96. The molecule has 1 aliphatic rings. The lowest BCUT2D eigenvalue weighted by Crippen LogP contribution is -2.19. The molecule has 2 nitrogen and oxygen atoms in total. The number of rotatable bonds is 37. The van der Waals surface area contributed by atoms with Crippen LogP contribution >= 0.6 is 0 Å². The Labute approximate surface area is 289 Å².